The summed E-state index contributed by atoms with van der Waals surface area (Å²) in [5, 5.41) is 6.90. The third-order valence-electron chi connectivity index (χ3n) is 5.67. The second-order valence-electron chi connectivity index (χ2n) is 9.00. The molecule has 2 aliphatic rings. The van der Waals surface area contributed by atoms with E-state index >= 15 is 0 Å². The van der Waals surface area contributed by atoms with E-state index in [9.17, 15) is 9.59 Å². The maximum absolute atomic E-state index is 13.6. The highest BCUT2D eigenvalue weighted by Gasteiger charge is 2.56. The predicted octanol–water partition coefficient (Wildman–Crippen LogP) is 5.13. The van der Waals surface area contributed by atoms with Gasteiger partial charge in [0.2, 0.25) is 0 Å². The van der Waals surface area contributed by atoms with Gasteiger partial charge >= 0.3 is 5.97 Å². The SMILES string of the molecule is CC(C)(C)N1N=C(c2ccc(Cl)cc2)[C@]2(CC=C(C(=O)OCc3ccccc3)C2)C1=O. The van der Waals surface area contributed by atoms with Gasteiger partial charge in [-0.15, -0.1) is 0 Å². The maximum atomic E-state index is 13.6. The summed E-state index contributed by atoms with van der Waals surface area (Å²) in [6, 6.07) is 16.8. The van der Waals surface area contributed by atoms with E-state index in [1.807, 2.05) is 69.3 Å². The van der Waals surface area contributed by atoms with E-state index in [-0.39, 0.29) is 18.9 Å². The highest BCUT2D eigenvalue weighted by molar-refractivity contribution is 6.30. The summed E-state index contributed by atoms with van der Waals surface area (Å²) in [4.78, 5) is 26.3. The molecule has 1 aliphatic carbocycles. The smallest absolute Gasteiger partial charge is 0.334 e. The van der Waals surface area contributed by atoms with Crippen LogP contribution >= 0.6 is 11.6 Å². The second kappa shape index (κ2) is 7.97. The molecule has 1 atom stereocenters. The van der Waals surface area contributed by atoms with Crippen LogP contribution in [-0.2, 0) is 20.9 Å². The molecule has 0 N–H and O–H groups in total. The zero-order valence-corrected chi connectivity index (χ0v) is 18.6. The van der Waals surface area contributed by atoms with Crippen molar-refractivity contribution in [2.45, 2.75) is 45.8 Å². The van der Waals surface area contributed by atoms with E-state index in [0.29, 0.717) is 22.7 Å². The van der Waals surface area contributed by atoms with Gasteiger partial charge in [0.25, 0.3) is 5.91 Å². The van der Waals surface area contributed by atoms with Gasteiger partial charge in [0.15, 0.2) is 0 Å². The van der Waals surface area contributed by atoms with Crippen molar-refractivity contribution in [3.05, 3.63) is 82.4 Å². The summed E-state index contributed by atoms with van der Waals surface area (Å²) in [5.41, 5.74) is 1.56. The monoisotopic (exact) mass is 436 g/mol. The molecule has 0 unspecified atom stereocenters. The first-order valence-electron chi connectivity index (χ1n) is 10.3. The van der Waals surface area contributed by atoms with Crippen LogP contribution in [0.1, 0.15) is 44.7 Å². The molecule has 0 saturated heterocycles. The largest absolute Gasteiger partial charge is 0.457 e. The van der Waals surface area contributed by atoms with Crippen molar-refractivity contribution < 1.29 is 14.3 Å². The Labute approximate surface area is 187 Å². The number of hydrogen-bond acceptors (Lipinski definition) is 4. The molecule has 5 nitrogen and oxygen atoms in total. The number of ether oxygens (including phenoxy) is 1. The minimum atomic E-state index is -0.901. The maximum Gasteiger partial charge on any atom is 0.334 e. The van der Waals surface area contributed by atoms with Gasteiger partial charge in [-0.3, -0.25) is 4.79 Å². The molecule has 160 valence electrons. The fourth-order valence-electron chi connectivity index (χ4n) is 4.02. The summed E-state index contributed by atoms with van der Waals surface area (Å²) in [6.07, 6.45) is 2.51. The van der Waals surface area contributed by atoms with E-state index in [4.69, 9.17) is 21.4 Å². The van der Waals surface area contributed by atoms with Gasteiger partial charge in [-0.25, -0.2) is 9.80 Å². The zero-order chi connectivity index (χ0) is 22.2. The normalized spacial score (nSPS) is 20.8. The van der Waals surface area contributed by atoms with Gasteiger partial charge in [-0.05, 0) is 56.9 Å². The van der Waals surface area contributed by atoms with Crippen LogP contribution in [-0.4, -0.2) is 28.1 Å². The number of carbonyl (C=O) groups is 2. The van der Waals surface area contributed by atoms with Crippen LogP contribution in [0.15, 0.2) is 71.3 Å². The Balaban J connectivity index is 1.59. The molecule has 0 saturated carbocycles. The van der Waals surface area contributed by atoms with Crippen LogP contribution in [0, 0.1) is 5.41 Å². The molecule has 6 heteroatoms. The van der Waals surface area contributed by atoms with Gasteiger partial charge in [-0.1, -0.05) is 60.1 Å². The number of allylic oxidation sites excluding steroid dienone is 1. The molecule has 1 amide bonds. The summed E-state index contributed by atoms with van der Waals surface area (Å²) < 4.78 is 5.51. The minimum absolute atomic E-state index is 0.0907. The van der Waals surface area contributed by atoms with Gasteiger partial charge in [0, 0.05) is 10.6 Å². The molecule has 2 aromatic carbocycles. The van der Waals surface area contributed by atoms with Crippen LogP contribution in [0.4, 0.5) is 0 Å². The Morgan fingerprint density at radius 1 is 1.13 bits per heavy atom. The number of hydrazone groups is 1. The molecular formula is C25H25ClN2O3. The lowest BCUT2D eigenvalue weighted by atomic mass is 9.76. The van der Waals surface area contributed by atoms with Crippen molar-refractivity contribution >= 4 is 29.2 Å². The molecular weight excluding hydrogens is 412 g/mol. The summed E-state index contributed by atoms with van der Waals surface area (Å²) in [6.45, 7) is 6.04. The molecule has 4 rings (SSSR count). The van der Waals surface area contributed by atoms with E-state index in [1.165, 1.54) is 0 Å². The van der Waals surface area contributed by atoms with Crippen LogP contribution in [0.5, 0.6) is 0 Å². The first-order valence-corrected chi connectivity index (χ1v) is 10.7. The van der Waals surface area contributed by atoms with Crippen LogP contribution in [0.2, 0.25) is 5.02 Å². The van der Waals surface area contributed by atoms with Crippen molar-refractivity contribution in [1.29, 1.82) is 0 Å². The molecule has 1 heterocycles. The Morgan fingerprint density at radius 2 is 1.81 bits per heavy atom. The van der Waals surface area contributed by atoms with Crippen molar-refractivity contribution in [3.63, 3.8) is 0 Å². The van der Waals surface area contributed by atoms with E-state index < -0.39 is 16.9 Å². The molecule has 1 aliphatic heterocycles. The molecule has 31 heavy (non-hydrogen) atoms. The molecule has 0 bridgehead atoms. The number of hydrogen-bond donors (Lipinski definition) is 0. The number of nitrogens with zero attached hydrogens (tertiary/aromatic N) is 2. The fraction of sp³-hybridized carbons (Fsp3) is 0.320. The highest BCUT2D eigenvalue weighted by Crippen LogP contribution is 2.47. The number of halogens is 1. The van der Waals surface area contributed by atoms with Crippen LogP contribution < -0.4 is 0 Å². The van der Waals surface area contributed by atoms with Crippen molar-refractivity contribution in [1.82, 2.24) is 5.01 Å². The first-order chi connectivity index (χ1) is 14.7. The van der Waals surface area contributed by atoms with E-state index in [0.717, 1.165) is 11.1 Å². The lowest BCUT2D eigenvalue weighted by molar-refractivity contribution is -0.141. The Kier molecular flexibility index (Phi) is 5.48. The van der Waals surface area contributed by atoms with E-state index in [2.05, 4.69) is 0 Å². The Morgan fingerprint density at radius 3 is 2.45 bits per heavy atom. The highest BCUT2D eigenvalue weighted by atomic mass is 35.5. The van der Waals surface area contributed by atoms with Crippen LogP contribution in [0.25, 0.3) is 0 Å². The van der Waals surface area contributed by atoms with Crippen molar-refractivity contribution in [2.75, 3.05) is 0 Å². The Hall–Kier alpha value is -2.92. The summed E-state index contributed by atoms with van der Waals surface area (Å²) >= 11 is 6.06. The third kappa shape index (κ3) is 4.02. The summed E-state index contributed by atoms with van der Waals surface area (Å²) in [7, 11) is 0. The number of amides is 1. The fourth-order valence-corrected chi connectivity index (χ4v) is 4.15. The van der Waals surface area contributed by atoms with Crippen molar-refractivity contribution in [3.8, 4) is 0 Å². The number of benzene rings is 2. The number of carbonyl (C=O) groups excluding carboxylic acids is 2. The zero-order valence-electron chi connectivity index (χ0n) is 17.9. The Bertz CT molecular complexity index is 1070. The lowest BCUT2D eigenvalue weighted by Gasteiger charge is -2.31. The third-order valence-corrected chi connectivity index (χ3v) is 5.92. The molecule has 2 aromatic rings. The van der Waals surface area contributed by atoms with Gasteiger partial charge in [0.1, 0.15) is 12.0 Å². The quantitative estimate of drug-likeness (QED) is 0.624. The predicted molar refractivity (Wildman–Crippen MR) is 121 cm³/mol. The van der Waals surface area contributed by atoms with E-state index in [1.54, 1.807) is 17.1 Å². The number of esters is 1. The molecule has 0 aromatic heterocycles. The first kappa shape index (κ1) is 21.3. The minimum Gasteiger partial charge on any atom is -0.457 e. The molecule has 1 spiro atoms. The second-order valence-corrected chi connectivity index (χ2v) is 9.43. The summed E-state index contributed by atoms with van der Waals surface area (Å²) in [5.74, 6) is -0.481. The molecule has 0 radical (unpaired) electrons. The topological polar surface area (TPSA) is 59.0 Å². The van der Waals surface area contributed by atoms with Crippen LogP contribution in [0.3, 0.4) is 0 Å². The van der Waals surface area contributed by atoms with Gasteiger partial charge < -0.3 is 4.74 Å². The molecule has 0 fully saturated rings. The number of rotatable bonds is 4. The lowest BCUT2D eigenvalue weighted by Crippen LogP contribution is -2.45. The van der Waals surface area contributed by atoms with Gasteiger partial charge in [0.05, 0.1) is 11.3 Å². The average molecular weight is 437 g/mol. The van der Waals surface area contributed by atoms with Gasteiger partial charge in [-0.2, -0.15) is 5.10 Å². The van der Waals surface area contributed by atoms with Crippen molar-refractivity contribution in [2.24, 2.45) is 10.5 Å². The standard InChI is InChI=1S/C25H25ClN2O3/c1-24(2,3)28-23(30)25(21(27-28)18-9-11-20(26)12-10-18)14-13-19(15-25)22(29)31-16-17-7-5-4-6-8-17/h4-13H,14-16H2,1-3H3/t25-/m1/s1. The average Bonchev–Trinajstić information content (AvgIpc) is 3.31.